The summed E-state index contributed by atoms with van der Waals surface area (Å²) in [6.07, 6.45) is 0.0885. The van der Waals surface area contributed by atoms with Crippen LogP contribution in [-0.4, -0.2) is 43.4 Å². The zero-order chi connectivity index (χ0) is 22.6. The van der Waals surface area contributed by atoms with Crippen LogP contribution in [0.1, 0.15) is 75.6 Å². The molecule has 30 heavy (non-hydrogen) atoms. The predicted molar refractivity (Wildman–Crippen MR) is 121 cm³/mol. The van der Waals surface area contributed by atoms with Crippen molar-refractivity contribution in [3.05, 3.63) is 35.4 Å². The standard InChI is InChI=1S/C24H33NO4Si/c1-8-29-24(28)21(14-11-15-30(16(2)3,17(4)5)18(6)7)25-22(26)19-12-9-10-13-20(19)23(25)27/h9-10,12-13,16-18,21H,8,14H2,1-7H3. The van der Waals surface area contributed by atoms with Gasteiger partial charge in [0.05, 0.1) is 17.7 Å². The van der Waals surface area contributed by atoms with Crippen LogP contribution >= 0.6 is 0 Å². The first-order valence-corrected chi connectivity index (χ1v) is 13.0. The molecule has 0 bridgehead atoms. The van der Waals surface area contributed by atoms with Crippen LogP contribution in [0.2, 0.25) is 16.6 Å². The third-order valence-electron chi connectivity index (χ3n) is 6.16. The van der Waals surface area contributed by atoms with Gasteiger partial charge in [-0.3, -0.25) is 14.5 Å². The van der Waals surface area contributed by atoms with Crippen LogP contribution in [0.4, 0.5) is 0 Å². The Morgan fingerprint density at radius 1 is 0.967 bits per heavy atom. The number of esters is 1. The van der Waals surface area contributed by atoms with E-state index in [9.17, 15) is 14.4 Å². The Morgan fingerprint density at radius 3 is 1.83 bits per heavy atom. The van der Waals surface area contributed by atoms with E-state index >= 15 is 0 Å². The summed E-state index contributed by atoms with van der Waals surface area (Å²) in [7, 11) is -1.99. The number of carbonyl (C=O) groups is 3. The first-order chi connectivity index (χ1) is 14.1. The van der Waals surface area contributed by atoms with Gasteiger partial charge < -0.3 is 4.74 Å². The largest absolute Gasteiger partial charge is 0.464 e. The van der Waals surface area contributed by atoms with Crippen molar-refractivity contribution in [2.45, 2.75) is 77.6 Å². The maximum Gasteiger partial charge on any atom is 0.330 e. The van der Waals surface area contributed by atoms with E-state index in [1.165, 1.54) is 0 Å². The fourth-order valence-electron chi connectivity index (χ4n) is 4.74. The minimum Gasteiger partial charge on any atom is -0.464 e. The summed E-state index contributed by atoms with van der Waals surface area (Å²) < 4.78 is 5.20. The van der Waals surface area contributed by atoms with Gasteiger partial charge in [-0.2, -0.15) is 0 Å². The van der Waals surface area contributed by atoms with E-state index in [1.54, 1.807) is 31.2 Å². The minimum absolute atomic E-state index is 0.0885. The number of hydrogen-bond donors (Lipinski definition) is 0. The van der Waals surface area contributed by atoms with Crippen LogP contribution < -0.4 is 0 Å². The van der Waals surface area contributed by atoms with Crippen LogP contribution in [0.15, 0.2) is 24.3 Å². The second-order valence-corrected chi connectivity index (χ2v) is 14.3. The van der Waals surface area contributed by atoms with E-state index in [1.807, 2.05) is 0 Å². The number of amides is 2. The first-order valence-electron chi connectivity index (χ1n) is 10.7. The van der Waals surface area contributed by atoms with E-state index in [0.717, 1.165) is 4.90 Å². The van der Waals surface area contributed by atoms with Crippen LogP contribution in [0.3, 0.4) is 0 Å². The van der Waals surface area contributed by atoms with Gasteiger partial charge in [-0.25, -0.2) is 4.79 Å². The summed E-state index contributed by atoms with van der Waals surface area (Å²) in [6, 6.07) is 5.60. The van der Waals surface area contributed by atoms with Crippen molar-refractivity contribution in [1.82, 2.24) is 4.90 Å². The number of imide groups is 1. The zero-order valence-corrected chi connectivity index (χ0v) is 20.1. The molecule has 0 spiro atoms. The molecule has 162 valence electrons. The van der Waals surface area contributed by atoms with Crippen molar-refractivity contribution in [2.75, 3.05) is 6.61 Å². The van der Waals surface area contributed by atoms with Gasteiger partial charge in [-0.15, -0.1) is 11.5 Å². The molecule has 2 amide bonds. The van der Waals surface area contributed by atoms with Crippen LogP contribution in [0.25, 0.3) is 0 Å². The molecule has 6 heteroatoms. The van der Waals surface area contributed by atoms with Gasteiger partial charge in [-0.1, -0.05) is 53.7 Å². The molecule has 0 radical (unpaired) electrons. The first kappa shape index (κ1) is 23.9. The van der Waals surface area contributed by atoms with E-state index in [0.29, 0.717) is 27.8 Å². The van der Waals surface area contributed by atoms with E-state index in [4.69, 9.17) is 4.74 Å². The molecule has 1 heterocycles. The van der Waals surface area contributed by atoms with Gasteiger partial charge in [0.15, 0.2) is 0 Å². The smallest absolute Gasteiger partial charge is 0.330 e. The number of benzene rings is 1. The molecule has 0 aliphatic carbocycles. The third kappa shape index (κ3) is 4.22. The quantitative estimate of drug-likeness (QED) is 0.271. The molecule has 1 atom stereocenters. The molecule has 1 aliphatic heterocycles. The molecular weight excluding hydrogens is 394 g/mol. The van der Waals surface area contributed by atoms with Gasteiger partial charge in [0.1, 0.15) is 14.1 Å². The predicted octanol–water partition coefficient (Wildman–Crippen LogP) is 4.83. The summed E-state index contributed by atoms with van der Waals surface area (Å²) in [5, 5.41) is 0. The maximum atomic E-state index is 12.9. The van der Waals surface area contributed by atoms with Crippen molar-refractivity contribution in [3.8, 4) is 11.5 Å². The van der Waals surface area contributed by atoms with Crippen molar-refractivity contribution < 1.29 is 19.1 Å². The Labute approximate surface area is 181 Å². The summed E-state index contributed by atoms with van der Waals surface area (Å²) in [5.74, 6) is 1.70. The Morgan fingerprint density at radius 2 is 1.43 bits per heavy atom. The summed E-state index contributed by atoms with van der Waals surface area (Å²) in [6.45, 7) is 15.2. The molecule has 1 aliphatic rings. The average Bonchev–Trinajstić information content (AvgIpc) is 2.92. The van der Waals surface area contributed by atoms with Crippen molar-refractivity contribution >= 4 is 25.9 Å². The van der Waals surface area contributed by atoms with Gasteiger partial charge in [0.2, 0.25) is 0 Å². The number of nitrogens with zero attached hydrogens (tertiary/aromatic N) is 1. The summed E-state index contributed by atoms with van der Waals surface area (Å²) >= 11 is 0. The topological polar surface area (TPSA) is 63.7 Å². The van der Waals surface area contributed by atoms with Gasteiger partial charge >= 0.3 is 5.97 Å². The minimum atomic E-state index is -1.99. The van der Waals surface area contributed by atoms with Gasteiger partial charge in [0, 0.05) is 6.42 Å². The molecular formula is C24H33NO4Si. The van der Waals surface area contributed by atoms with Crippen LogP contribution in [0, 0.1) is 11.5 Å². The average molecular weight is 428 g/mol. The Kier molecular flexibility index (Phi) is 7.65. The third-order valence-corrected chi connectivity index (χ3v) is 12.5. The maximum absolute atomic E-state index is 12.9. The van der Waals surface area contributed by atoms with E-state index in [-0.39, 0.29) is 13.0 Å². The normalized spacial score (nSPS) is 14.8. The molecule has 2 rings (SSSR count). The van der Waals surface area contributed by atoms with Crippen molar-refractivity contribution in [2.24, 2.45) is 0 Å². The molecule has 0 fully saturated rings. The lowest BCUT2D eigenvalue weighted by molar-refractivity contribution is -0.147. The number of carbonyl (C=O) groups excluding carboxylic acids is 3. The van der Waals surface area contributed by atoms with Crippen molar-refractivity contribution in [3.63, 3.8) is 0 Å². The molecule has 0 saturated heterocycles. The van der Waals surface area contributed by atoms with Crippen LogP contribution in [-0.2, 0) is 9.53 Å². The highest BCUT2D eigenvalue weighted by Gasteiger charge is 2.44. The van der Waals surface area contributed by atoms with E-state index < -0.39 is 31.9 Å². The Hall–Kier alpha value is -2.39. The monoisotopic (exact) mass is 427 g/mol. The summed E-state index contributed by atoms with van der Waals surface area (Å²) in [4.78, 5) is 39.5. The fourth-order valence-corrected chi connectivity index (χ4v) is 10.0. The summed E-state index contributed by atoms with van der Waals surface area (Å²) in [5.41, 5.74) is 5.55. The SMILES string of the molecule is CCOC(=O)C(CC#C[Si](C(C)C)(C(C)C)C(C)C)N1C(=O)c2ccccc2C1=O. The highest BCUT2D eigenvalue weighted by atomic mass is 28.3. The van der Waals surface area contributed by atoms with Crippen molar-refractivity contribution in [1.29, 1.82) is 0 Å². The molecule has 1 aromatic rings. The Balaban J connectivity index is 2.42. The van der Waals surface area contributed by atoms with E-state index in [2.05, 4.69) is 53.0 Å². The number of hydrogen-bond acceptors (Lipinski definition) is 4. The number of fused-ring (bicyclic) bond motifs is 1. The molecule has 0 N–H and O–H groups in total. The second kappa shape index (κ2) is 9.61. The molecule has 0 aromatic heterocycles. The molecule has 1 aromatic carbocycles. The highest BCUT2D eigenvalue weighted by Crippen LogP contribution is 2.40. The second-order valence-electron chi connectivity index (χ2n) is 8.70. The molecule has 0 saturated carbocycles. The lowest BCUT2D eigenvalue weighted by Gasteiger charge is -2.38. The lowest BCUT2D eigenvalue weighted by atomic mass is 10.1. The molecule has 5 nitrogen and oxygen atoms in total. The zero-order valence-electron chi connectivity index (χ0n) is 19.1. The number of ether oxygens (including phenoxy) is 1. The van der Waals surface area contributed by atoms with Crippen LogP contribution in [0.5, 0.6) is 0 Å². The van der Waals surface area contributed by atoms with Gasteiger partial charge in [0.25, 0.3) is 11.8 Å². The number of rotatable bonds is 7. The van der Waals surface area contributed by atoms with Gasteiger partial charge in [-0.05, 0) is 35.7 Å². The molecule has 1 unspecified atom stereocenters. The highest BCUT2D eigenvalue weighted by molar-refractivity contribution is 6.90. The fraction of sp³-hybridized carbons (Fsp3) is 0.542. The lowest BCUT2D eigenvalue weighted by Crippen LogP contribution is -2.46. The Bertz CT molecular complexity index is 822.